The molecule has 4 aliphatic rings. The molecule has 8 heteroatoms. The molecule has 31 heavy (non-hydrogen) atoms. The van der Waals surface area contributed by atoms with Gasteiger partial charge in [-0.15, -0.1) is 0 Å². The number of aryl methyl sites for hydroxylation is 2. The van der Waals surface area contributed by atoms with E-state index in [1.807, 2.05) is 20.9 Å². The van der Waals surface area contributed by atoms with E-state index >= 15 is 0 Å². The number of nitrogens with one attached hydrogen (secondary N) is 2. The fourth-order valence-electron chi connectivity index (χ4n) is 6.20. The highest BCUT2D eigenvalue weighted by molar-refractivity contribution is 5.98. The minimum atomic E-state index is -1.07. The number of ether oxygens (including phenoxy) is 1. The summed E-state index contributed by atoms with van der Waals surface area (Å²) in [4.78, 5) is 37.0. The monoisotopic (exact) mass is 428 g/mol. The van der Waals surface area contributed by atoms with Crippen molar-refractivity contribution >= 4 is 24.0 Å². The van der Waals surface area contributed by atoms with Crippen LogP contribution in [0, 0.1) is 31.6 Å². The SMILES string of the molecule is Cc1nn(C)c(C)c1/C=C/C(=O)O[C@@H](C)C(=O)NC(=O)NC12CC3CC(CC(C3)C1)C2. The third-order valence-corrected chi connectivity index (χ3v) is 7.27. The molecule has 4 fully saturated rings. The molecular weight excluding hydrogens is 396 g/mol. The van der Waals surface area contributed by atoms with Gasteiger partial charge in [0.25, 0.3) is 5.91 Å². The first-order chi connectivity index (χ1) is 14.6. The van der Waals surface area contributed by atoms with Crippen LogP contribution in [0.25, 0.3) is 6.08 Å². The second-order valence-electron chi connectivity index (χ2n) is 9.76. The summed E-state index contributed by atoms with van der Waals surface area (Å²) in [5, 5.41) is 9.73. The molecular formula is C23H32N4O4. The molecule has 0 radical (unpaired) electrons. The third kappa shape index (κ3) is 4.52. The highest BCUT2D eigenvalue weighted by Crippen LogP contribution is 2.55. The first kappa shape index (κ1) is 21.6. The van der Waals surface area contributed by atoms with Crippen LogP contribution in [0.15, 0.2) is 6.08 Å². The van der Waals surface area contributed by atoms with E-state index in [0.29, 0.717) is 17.8 Å². The first-order valence-electron chi connectivity index (χ1n) is 11.2. The Bertz CT molecular complexity index is 897. The molecule has 4 bridgehead atoms. The zero-order valence-corrected chi connectivity index (χ0v) is 18.7. The summed E-state index contributed by atoms with van der Waals surface area (Å²) < 4.78 is 6.91. The number of esters is 1. The minimum absolute atomic E-state index is 0.179. The van der Waals surface area contributed by atoms with E-state index in [2.05, 4.69) is 15.7 Å². The topological polar surface area (TPSA) is 102 Å². The number of hydrogen-bond acceptors (Lipinski definition) is 5. The maximum atomic E-state index is 12.5. The van der Waals surface area contributed by atoms with Crippen molar-refractivity contribution in [3.8, 4) is 0 Å². The quantitative estimate of drug-likeness (QED) is 0.555. The van der Waals surface area contributed by atoms with Crippen molar-refractivity contribution in [3.63, 3.8) is 0 Å². The van der Waals surface area contributed by atoms with E-state index < -0.39 is 24.0 Å². The summed E-state index contributed by atoms with van der Waals surface area (Å²) in [6.45, 7) is 5.22. The fourth-order valence-corrected chi connectivity index (χ4v) is 6.20. The van der Waals surface area contributed by atoms with Gasteiger partial charge in [0.15, 0.2) is 6.10 Å². The van der Waals surface area contributed by atoms with Gasteiger partial charge in [0.05, 0.1) is 5.69 Å². The van der Waals surface area contributed by atoms with Crippen LogP contribution in [0.3, 0.4) is 0 Å². The van der Waals surface area contributed by atoms with Gasteiger partial charge in [-0.2, -0.15) is 5.10 Å². The lowest BCUT2D eigenvalue weighted by Crippen LogP contribution is -2.62. The Morgan fingerprint density at radius 3 is 2.23 bits per heavy atom. The summed E-state index contributed by atoms with van der Waals surface area (Å²) in [6, 6.07) is -0.494. The van der Waals surface area contributed by atoms with Crippen LogP contribution >= 0.6 is 0 Å². The number of amides is 3. The number of carbonyl (C=O) groups is 3. The molecule has 3 amide bonds. The molecule has 1 atom stereocenters. The van der Waals surface area contributed by atoms with E-state index in [9.17, 15) is 14.4 Å². The molecule has 0 spiro atoms. The normalized spacial score (nSPS) is 29.7. The Morgan fingerprint density at radius 1 is 1.13 bits per heavy atom. The number of nitrogens with zero attached hydrogens (tertiary/aromatic N) is 2. The van der Waals surface area contributed by atoms with Crippen molar-refractivity contribution in [2.45, 2.75) is 70.9 Å². The summed E-state index contributed by atoms with van der Waals surface area (Å²) in [6.07, 6.45) is 8.67. The van der Waals surface area contributed by atoms with E-state index in [-0.39, 0.29) is 5.54 Å². The molecule has 0 aromatic carbocycles. The molecule has 1 heterocycles. The van der Waals surface area contributed by atoms with E-state index in [0.717, 1.165) is 36.2 Å². The molecule has 5 rings (SSSR count). The third-order valence-electron chi connectivity index (χ3n) is 7.27. The van der Waals surface area contributed by atoms with Crippen LogP contribution in [0.1, 0.15) is 62.4 Å². The smallest absolute Gasteiger partial charge is 0.331 e. The molecule has 4 aliphatic carbocycles. The first-order valence-corrected chi connectivity index (χ1v) is 11.2. The van der Waals surface area contributed by atoms with Crippen LogP contribution < -0.4 is 10.6 Å². The second kappa shape index (κ2) is 8.13. The zero-order chi connectivity index (χ0) is 22.3. The summed E-state index contributed by atoms with van der Waals surface area (Å²) in [5.74, 6) is 0.813. The van der Waals surface area contributed by atoms with Crippen molar-refractivity contribution in [1.82, 2.24) is 20.4 Å². The van der Waals surface area contributed by atoms with Crippen molar-refractivity contribution in [1.29, 1.82) is 0 Å². The lowest BCUT2D eigenvalue weighted by molar-refractivity contribution is -0.149. The second-order valence-corrected chi connectivity index (χ2v) is 9.76. The number of aromatic nitrogens is 2. The predicted molar refractivity (Wildman–Crippen MR) is 115 cm³/mol. The van der Waals surface area contributed by atoms with Crippen LogP contribution in [0.2, 0.25) is 0 Å². The van der Waals surface area contributed by atoms with Crippen LogP contribution in [0.5, 0.6) is 0 Å². The number of carbonyl (C=O) groups excluding carboxylic acids is 3. The Balaban J connectivity index is 1.28. The number of rotatable bonds is 5. The largest absolute Gasteiger partial charge is 0.449 e. The standard InChI is InChI=1S/C23H32N4O4/c1-13-19(14(2)27(4)26-13)5-6-20(28)31-15(3)21(29)24-22(30)25-23-10-16-7-17(11-23)9-18(8-16)12-23/h5-6,15-18H,7-12H2,1-4H3,(H2,24,25,29,30)/b6-5+/t15-,16?,17?,18?,23?/m0/s1. The van der Waals surface area contributed by atoms with Crippen LogP contribution in [0.4, 0.5) is 4.79 Å². The van der Waals surface area contributed by atoms with Gasteiger partial charge in [-0.1, -0.05) is 0 Å². The molecule has 8 nitrogen and oxygen atoms in total. The Hall–Kier alpha value is -2.64. The number of hydrogen-bond donors (Lipinski definition) is 2. The molecule has 1 aromatic heterocycles. The fraction of sp³-hybridized carbons (Fsp3) is 0.652. The molecule has 168 valence electrons. The summed E-state index contributed by atoms with van der Waals surface area (Å²) in [7, 11) is 1.83. The minimum Gasteiger partial charge on any atom is -0.449 e. The van der Waals surface area contributed by atoms with Crippen molar-refractivity contribution < 1.29 is 19.1 Å². The molecule has 2 N–H and O–H groups in total. The average Bonchev–Trinajstić information content (AvgIpc) is 2.89. The van der Waals surface area contributed by atoms with E-state index in [1.165, 1.54) is 32.3 Å². The Labute approximate surface area is 182 Å². The molecule has 0 unspecified atom stereocenters. The summed E-state index contributed by atoms with van der Waals surface area (Å²) in [5.41, 5.74) is 2.39. The van der Waals surface area contributed by atoms with Gasteiger partial charge in [0.1, 0.15) is 0 Å². The lowest BCUT2D eigenvalue weighted by Gasteiger charge is -2.56. The number of urea groups is 1. The molecule has 0 saturated heterocycles. The van der Waals surface area contributed by atoms with E-state index in [4.69, 9.17) is 4.74 Å². The van der Waals surface area contributed by atoms with Crippen molar-refractivity contribution in [2.75, 3.05) is 0 Å². The van der Waals surface area contributed by atoms with Crippen molar-refractivity contribution in [3.05, 3.63) is 23.0 Å². The summed E-state index contributed by atoms with van der Waals surface area (Å²) >= 11 is 0. The van der Waals surface area contributed by atoms with Crippen molar-refractivity contribution in [2.24, 2.45) is 24.8 Å². The van der Waals surface area contributed by atoms with Gasteiger partial charge >= 0.3 is 12.0 Å². The molecule has 1 aromatic rings. The van der Waals surface area contributed by atoms with Gasteiger partial charge in [-0.05, 0) is 83.1 Å². The van der Waals surface area contributed by atoms with Gasteiger partial charge in [-0.25, -0.2) is 9.59 Å². The number of imide groups is 1. The lowest BCUT2D eigenvalue weighted by atomic mass is 9.53. The Kier molecular flexibility index (Phi) is 5.66. The van der Waals surface area contributed by atoms with Gasteiger partial charge in [0.2, 0.25) is 0 Å². The van der Waals surface area contributed by atoms with Crippen LogP contribution in [-0.2, 0) is 21.4 Å². The average molecular weight is 429 g/mol. The molecule has 4 saturated carbocycles. The van der Waals surface area contributed by atoms with Gasteiger partial charge < -0.3 is 10.1 Å². The highest BCUT2D eigenvalue weighted by atomic mass is 16.5. The maximum absolute atomic E-state index is 12.5. The van der Waals surface area contributed by atoms with Gasteiger partial charge in [0, 0.05) is 29.9 Å². The van der Waals surface area contributed by atoms with E-state index in [1.54, 1.807) is 10.8 Å². The highest BCUT2D eigenvalue weighted by Gasteiger charge is 2.51. The maximum Gasteiger partial charge on any atom is 0.331 e. The molecule has 0 aliphatic heterocycles. The van der Waals surface area contributed by atoms with Gasteiger partial charge in [-0.3, -0.25) is 14.8 Å². The Morgan fingerprint density at radius 2 is 1.71 bits per heavy atom. The predicted octanol–water partition coefficient (Wildman–Crippen LogP) is 2.78. The van der Waals surface area contributed by atoms with Crippen LogP contribution in [-0.4, -0.2) is 39.3 Å². The zero-order valence-electron chi connectivity index (χ0n) is 18.7.